The molecule has 1 fully saturated rings. The Kier molecular flexibility index (Phi) is 5.00. The number of aryl methyl sites for hydroxylation is 1. The van der Waals surface area contributed by atoms with Crippen molar-refractivity contribution in [2.24, 2.45) is 4.36 Å². The first-order valence-electron chi connectivity index (χ1n) is 10.6. The van der Waals surface area contributed by atoms with Crippen molar-refractivity contribution in [1.29, 1.82) is 0 Å². The fourth-order valence-corrected chi connectivity index (χ4v) is 6.22. The van der Waals surface area contributed by atoms with Gasteiger partial charge >= 0.3 is 0 Å². The van der Waals surface area contributed by atoms with E-state index in [1.165, 1.54) is 6.92 Å². The minimum Gasteiger partial charge on any atom is -0.344 e. The number of pyridine rings is 1. The molecule has 0 bridgehead atoms. The van der Waals surface area contributed by atoms with Gasteiger partial charge in [0.05, 0.1) is 23.8 Å². The monoisotopic (exact) mass is 472 g/mol. The summed E-state index contributed by atoms with van der Waals surface area (Å²) in [6.07, 6.45) is 6.90. The molecular weight excluding hydrogens is 448 g/mol. The summed E-state index contributed by atoms with van der Waals surface area (Å²) in [7, 11) is -2.72. The van der Waals surface area contributed by atoms with Crippen LogP contribution in [0.15, 0.2) is 47.1 Å². The highest BCUT2D eigenvalue weighted by Crippen LogP contribution is 2.57. The SMILES string of the molecule is CC(=O)N=[SH](C)(O)CCn1c(CN2C(=O)C3(CC3)c3ccncc32)cc2cc(Cl)ccc21. The highest BCUT2D eigenvalue weighted by atomic mass is 35.5. The van der Waals surface area contributed by atoms with Gasteiger partial charge in [0.1, 0.15) is 0 Å². The van der Waals surface area contributed by atoms with Gasteiger partial charge in [-0.15, -0.1) is 10.1 Å². The zero-order valence-electron chi connectivity index (χ0n) is 18.0. The van der Waals surface area contributed by atoms with Gasteiger partial charge in [-0.25, -0.2) is 0 Å². The summed E-state index contributed by atoms with van der Waals surface area (Å²) in [6, 6.07) is 9.67. The van der Waals surface area contributed by atoms with Crippen LogP contribution in [0, 0.1) is 0 Å². The minimum atomic E-state index is -2.72. The molecule has 7 nitrogen and oxygen atoms in total. The number of aromatic nitrogens is 2. The van der Waals surface area contributed by atoms with Crippen LogP contribution in [-0.2, 0) is 38.2 Å². The van der Waals surface area contributed by atoms with Crippen molar-refractivity contribution < 1.29 is 14.1 Å². The first-order chi connectivity index (χ1) is 15.2. The number of benzene rings is 1. The van der Waals surface area contributed by atoms with Crippen LogP contribution in [0.3, 0.4) is 0 Å². The van der Waals surface area contributed by atoms with Crippen molar-refractivity contribution in [2.45, 2.75) is 38.3 Å². The van der Waals surface area contributed by atoms with E-state index in [0.29, 0.717) is 23.9 Å². The van der Waals surface area contributed by atoms with Crippen LogP contribution in [0.25, 0.3) is 10.9 Å². The number of hydrogen-bond donors (Lipinski definition) is 2. The highest BCUT2D eigenvalue weighted by Gasteiger charge is 2.59. The third-order valence-corrected chi connectivity index (χ3v) is 8.38. The van der Waals surface area contributed by atoms with Crippen LogP contribution < -0.4 is 4.90 Å². The zero-order chi connectivity index (χ0) is 22.7. The first kappa shape index (κ1) is 21.3. The zero-order valence-corrected chi connectivity index (χ0v) is 19.6. The van der Waals surface area contributed by atoms with Gasteiger partial charge in [0.25, 0.3) is 0 Å². The molecule has 0 unspecified atom stereocenters. The number of halogens is 1. The van der Waals surface area contributed by atoms with Crippen molar-refractivity contribution in [3.8, 4) is 0 Å². The summed E-state index contributed by atoms with van der Waals surface area (Å²) in [6.45, 7) is 2.23. The van der Waals surface area contributed by atoms with E-state index in [4.69, 9.17) is 11.6 Å². The number of amides is 2. The number of hydrogen-bond acceptors (Lipinski definition) is 3. The number of rotatable bonds is 5. The Morgan fingerprint density at radius 3 is 2.81 bits per heavy atom. The van der Waals surface area contributed by atoms with Crippen molar-refractivity contribution >= 4 is 50.1 Å². The van der Waals surface area contributed by atoms with Gasteiger partial charge in [-0.2, -0.15) is 4.36 Å². The quantitative estimate of drug-likeness (QED) is 0.549. The van der Waals surface area contributed by atoms with E-state index in [1.807, 2.05) is 35.2 Å². The third-order valence-electron chi connectivity index (χ3n) is 6.38. The highest BCUT2D eigenvalue weighted by molar-refractivity contribution is 7.99. The van der Waals surface area contributed by atoms with Gasteiger partial charge in [0.2, 0.25) is 11.8 Å². The Morgan fingerprint density at radius 2 is 2.09 bits per heavy atom. The number of anilines is 1. The molecule has 3 heterocycles. The molecule has 1 aromatic carbocycles. The van der Waals surface area contributed by atoms with E-state index in [1.54, 1.807) is 18.6 Å². The number of fused-ring (bicyclic) bond motifs is 3. The van der Waals surface area contributed by atoms with Crippen LogP contribution in [0.1, 0.15) is 31.0 Å². The van der Waals surface area contributed by atoms with E-state index < -0.39 is 10.1 Å². The van der Waals surface area contributed by atoms with Crippen LogP contribution >= 0.6 is 11.6 Å². The lowest BCUT2D eigenvalue weighted by Gasteiger charge is -2.22. The molecular formula is C23H25ClN4O3S. The van der Waals surface area contributed by atoms with Crippen molar-refractivity contribution in [2.75, 3.05) is 16.9 Å². The van der Waals surface area contributed by atoms with E-state index in [2.05, 4.69) is 13.9 Å². The Hall–Kier alpha value is -2.55. The fourth-order valence-electron chi connectivity index (χ4n) is 4.75. The molecule has 0 atom stereocenters. The van der Waals surface area contributed by atoms with Crippen LogP contribution in [0.5, 0.6) is 0 Å². The molecule has 2 amide bonds. The van der Waals surface area contributed by atoms with Crippen molar-refractivity contribution in [3.05, 3.63) is 59.0 Å². The van der Waals surface area contributed by atoms with Gasteiger partial charge in [0, 0.05) is 47.0 Å². The number of carbonyl (C=O) groups is 2. The second kappa shape index (κ2) is 7.50. The Labute approximate surface area is 192 Å². The summed E-state index contributed by atoms with van der Waals surface area (Å²) in [5.74, 6) is 0.123. The van der Waals surface area contributed by atoms with Crippen LogP contribution in [0.2, 0.25) is 5.02 Å². The van der Waals surface area contributed by atoms with E-state index in [-0.39, 0.29) is 17.2 Å². The maximum Gasteiger partial charge on any atom is 0.248 e. The molecule has 1 saturated carbocycles. The molecule has 2 aliphatic rings. The number of thiol groups is 1. The predicted octanol–water partition coefficient (Wildman–Crippen LogP) is 3.99. The van der Waals surface area contributed by atoms with Crippen LogP contribution in [0.4, 0.5) is 5.69 Å². The minimum absolute atomic E-state index is 0.126. The topological polar surface area (TPSA) is 87.8 Å². The first-order valence-corrected chi connectivity index (χ1v) is 13.3. The summed E-state index contributed by atoms with van der Waals surface area (Å²) < 4.78 is 16.7. The molecule has 5 rings (SSSR count). The smallest absolute Gasteiger partial charge is 0.248 e. The fraction of sp³-hybridized carbons (Fsp3) is 0.348. The van der Waals surface area contributed by atoms with Gasteiger partial charge in [-0.1, -0.05) is 11.6 Å². The Balaban J connectivity index is 1.54. The predicted molar refractivity (Wildman–Crippen MR) is 129 cm³/mol. The van der Waals surface area contributed by atoms with E-state index >= 15 is 0 Å². The van der Waals surface area contributed by atoms with E-state index in [0.717, 1.165) is 40.7 Å². The summed E-state index contributed by atoms with van der Waals surface area (Å²) >= 11 is 6.22. The number of carbonyl (C=O) groups excluding carboxylic acids is 2. The number of nitrogens with zero attached hydrogens (tertiary/aromatic N) is 4. The molecule has 0 saturated heterocycles. The lowest BCUT2D eigenvalue weighted by Crippen LogP contribution is -2.32. The van der Waals surface area contributed by atoms with E-state index in [9.17, 15) is 14.1 Å². The molecule has 3 aromatic rings. The molecule has 32 heavy (non-hydrogen) atoms. The molecule has 9 heteroatoms. The lowest BCUT2D eigenvalue weighted by molar-refractivity contribution is -0.120. The lowest BCUT2D eigenvalue weighted by atomic mass is 9.99. The van der Waals surface area contributed by atoms with Gasteiger partial charge in [-0.3, -0.25) is 14.6 Å². The third kappa shape index (κ3) is 3.56. The van der Waals surface area contributed by atoms with Gasteiger partial charge in [-0.05, 0) is 55.0 Å². The second-order valence-corrected chi connectivity index (χ2v) is 12.0. The summed E-state index contributed by atoms with van der Waals surface area (Å²) in [5, 5.41) is 1.60. The maximum atomic E-state index is 13.4. The molecule has 1 N–H and O–H groups in total. The maximum absolute atomic E-state index is 13.4. The summed E-state index contributed by atoms with van der Waals surface area (Å²) in [5.41, 5.74) is 3.46. The molecule has 168 valence electrons. The average Bonchev–Trinajstić information content (AvgIpc) is 3.41. The molecule has 1 spiro atoms. The van der Waals surface area contributed by atoms with Gasteiger partial charge < -0.3 is 14.0 Å². The normalized spacial score (nSPS) is 17.1. The largest absolute Gasteiger partial charge is 0.344 e. The Bertz CT molecular complexity index is 1320. The van der Waals surface area contributed by atoms with Crippen LogP contribution in [-0.4, -0.2) is 37.9 Å². The average molecular weight is 473 g/mol. The van der Waals surface area contributed by atoms with Crippen molar-refractivity contribution in [3.63, 3.8) is 0 Å². The summed E-state index contributed by atoms with van der Waals surface area (Å²) in [4.78, 5) is 30.9. The van der Waals surface area contributed by atoms with Crippen molar-refractivity contribution in [1.82, 2.24) is 9.55 Å². The molecule has 1 aliphatic heterocycles. The molecule has 1 aliphatic carbocycles. The Morgan fingerprint density at radius 1 is 1.31 bits per heavy atom. The second-order valence-electron chi connectivity index (χ2n) is 8.79. The standard InChI is InChI=1S/C23H25ClN4O3S/c1-15(29)26-32(2,31)10-9-27-18(12-16-11-17(24)3-4-20(16)27)14-28-21-13-25-8-5-19(21)23(6-7-23)22(28)30/h3-5,8,11-13,32H,6-7,9-10,14H2,1-2H3,(H,26,29,31). The van der Waals surface area contributed by atoms with Gasteiger partial charge in [0.15, 0.2) is 0 Å². The molecule has 0 radical (unpaired) electrons. The molecule has 2 aromatic heterocycles.